The van der Waals surface area contributed by atoms with Gasteiger partial charge >= 0.3 is 0 Å². The molecule has 0 bridgehead atoms. The first-order valence-corrected chi connectivity index (χ1v) is 6.25. The second-order valence-corrected chi connectivity index (χ2v) is 4.43. The number of alkyl halides is 1. The summed E-state index contributed by atoms with van der Waals surface area (Å²) < 4.78 is 7.32. The fourth-order valence-corrected chi connectivity index (χ4v) is 1.96. The van der Waals surface area contributed by atoms with E-state index in [1.54, 1.807) is 6.20 Å². The largest absolute Gasteiger partial charge is 0.426 e. The Morgan fingerprint density at radius 1 is 1.50 bits per heavy atom. The fraction of sp³-hybridized carbons (Fsp3) is 0.444. The zero-order chi connectivity index (χ0) is 11.4. The van der Waals surface area contributed by atoms with Gasteiger partial charge in [-0.1, -0.05) is 23.4 Å². The maximum absolute atomic E-state index is 5.62. The van der Waals surface area contributed by atoms with Crippen molar-refractivity contribution in [2.45, 2.75) is 25.8 Å². The van der Waals surface area contributed by atoms with E-state index in [9.17, 15) is 0 Å². The molecule has 0 aromatic carbocycles. The molecule has 0 atom stereocenters. The van der Waals surface area contributed by atoms with Crippen molar-refractivity contribution in [3.63, 3.8) is 0 Å². The van der Waals surface area contributed by atoms with E-state index in [1.807, 2.05) is 10.9 Å². The van der Waals surface area contributed by atoms with Crippen molar-refractivity contribution in [1.82, 2.24) is 20.0 Å². The molecule has 5 nitrogen and oxygen atoms in total. The lowest BCUT2D eigenvalue weighted by atomic mass is 10.5. The number of ether oxygens (including phenoxy) is 1. The van der Waals surface area contributed by atoms with Crippen molar-refractivity contribution in [2.75, 3.05) is 0 Å². The molecule has 7 heteroatoms. The quantitative estimate of drug-likeness (QED) is 0.774. The second-order valence-electron chi connectivity index (χ2n) is 3.14. The van der Waals surface area contributed by atoms with Gasteiger partial charge in [0, 0.05) is 6.54 Å². The summed E-state index contributed by atoms with van der Waals surface area (Å²) in [6, 6.07) is 0. The topological polar surface area (TPSA) is 52.8 Å². The average Bonchev–Trinajstić information content (AvgIpc) is 2.89. The third kappa shape index (κ3) is 2.70. The average molecular weight is 259 g/mol. The molecule has 0 aliphatic rings. The van der Waals surface area contributed by atoms with E-state index in [1.165, 1.54) is 11.3 Å². The van der Waals surface area contributed by atoms with Crippen molar-refractivity contribution in [2.24, 2.45) is 0 Å². The predicted octanol–water partition coefficient (Wildman–Crippen LogP) is 2.68. The normalized spacial score (nSPS) is 10.6. The van der Waals surface area contributed by atoms with E-state index < -0.39 is 0 Å². The van der Waals surface area contributed by atoms with Gasteiger partial charge < -0.3 is 4.74 Å². The van der Waals surface area contributed by atoms with Crippen LogP contribution in [0, 0.1) is 0 Å². The first-order valence-electron chi connectivity index (χ1n) is 4.90. The number of hydrogen-bond acceptors (Lipinski definition) is 5. The maximum atomic E-state index is 5.62. The Bertz CT molecular complexity index is 456. The summed E-state index contributed by atoms with van der Waals surface area (Å²) in [5.41, 5.74) is 0. The van der Waals surface area contributed by atoms with E-state index in [4.69, 9.17) is 16.3 Å². The van der Waals surface area contributed by atoms with Crippen LogP contribution in [0.3, 0.4) is 0 Å². The zero-order valence-corrected chi connectivity index (χ0v) is 10.3. The molecule has 2 aromatic heterocycles. The highest BCUT2D eigenvalue weighted by molar-refractivity contribution is 7.13. The summed E-state index contributed by atoms with van der Waals surface area (Å²) in [6.45, 7) is 2.98. The third-order valence-corrected chi connectivity index (χ3v) is 3.04. The Labute approximate surface area is 102 Å². The van der Waals surface area contributed by atoms with Crippen molar-refractivity contribution in [1.29, 1.82) is 0 Å². The van der Waals surface area contributed by atoms with Crippen molar-refractivity contribution < 1.29 is 4.74 Å². The smallest absolute Gasteiger partial charge is 0.299 e. The van der Waals surface area contributed by atoms with E-state index >= 15 is 0 Å². The zero-order valence-electron chi connectivity index (χ0n) is 8.76. The van der Waals surface area contributed by atoms with Gasteiger partial charge in [0.2, 0.25) is 0 Å². The molecule has 16 heavy (non-hydrogen) atoms. The summed E-state index contributed by atoms with van der Waals surface area (Å²) in [4.78, 5) is 0. The lowest BCUT2D eigenvalue weighted by Crippen LogP contribution is -1.95. The first kappa shape index (κ1) is 11.3. The second kappa shape index (κ2) is 5.27. The molecule has 0 unspecified atom stereocenters. The van der Waals surface area contributed by atoms with Crippen LogP contribution in [0.4, 0.5) is 0 Å². The molecule has 0 aliphatic carbocycles. The van der Waals surface area contributed by atoms with E-state index in [0.717, 1.165) is 18.0 Å². The molecule has 0 N–H and O–H groups in total. The highest BCUT2D eigenvalue weighted by Crippen LogP contribution is 2.25. The van der Waals surface area contributed by atoms with Gasteiger partial charge in [0.05, 0.1) is 18.3 Å². The number of rotatable bonds is 5. The van der Waals surface area contributed by atoms with E-state index in [0.29, 0.717) is 16.8 Å². The van der Waals surface area contributed by atoms with Gasteiger partial charge in [-0.05, 0) is 6.42 Å². The summed E-state index contributed by atoms with van der Waals surface area (Å²) >= 11 is 6.96. The minimum atomic E-state index is 0.357. The summed E-state index contributed by atoms with van der Waals surface area (Å²) in [6.07, 6.45) is 4.54. The van der Waals surface area contributed by atoms with Gasteiger partial charge in [-0.2, -0.15) is 5.10 Å². The van der Waals surface area contributed by atoms with Crippen molar-refractivity contribution in [3.8, 4) is 10.9 Å². The van der Waals surface area contributed by atoms with Crippen molar-refractivity contribution >= 4 is 22.9 Å². The van der Waals surface area contributed by atoms with E-state index in [2.05, 4.69) is 22.2 Å². The lowest BCUT2D eigenvalue weighted by Gasteiger charge is -1.95. The molecular formula is C9H11ClN4OS. The molecule has 0 fully saturated rings. The van der Waals surface area contributed by atoms with E-state index in [-0.39, 0.29) is 0 Å². The van der Waals surface area contributed by atoms with Crippen LogP contribution >= 0.6 is 22.9 Å². The minimum absolute atomic E-state index is 0.357. The molecule has 2 rings (SSSR count). The van der Waals surface area contributed by atoms with Gasteiger partial charge in [-0.3, -0.25) is 4.68 Å². The van der Waals surface area contributed by atoms with Crippen LogP contribution in [0.15, 0.2) is 12.4 Å². The number of halogens is 1. The maximum Gasteiger partial charge on any atom is 0.299 e. The molecule has 2 heterocycles. The minimum Gasteiger partial charge on any atom is -0.426 e. The van der Waals surface area contributed by atoms with Crippen LogP contribution < -0.4 is 4.74 Å². The Hall–Kier alpha value is -1.14. The third-order valence-electron chi connectivity index (χ3n) is 1.83. The van der Waals surface area contributed by atoms with Gasteiger partial charge in [0.15, 0.2) is 5.75 Å². The molecule has 86 valence electrons. The van der Waals surface area contributed by atoms with Crippen LogP contribution in [-0.2, 0) is 12.4 Å². The molecule has 0 radical (unpaired) electrons. The van der Waals surface area contributed by atoms with Gasteiger partial charge in [-0.25, -0.2) is 0 Å². The van der Waals surface area contributed by atoms with Gasteiger partial charge in [-0.15, -0.1) is 16.7 Å². The van der Waals surface area contributed by atoms with Gasteiger partial charge in [0.25, 0.3) is 5.19 Å². The molecule has 0 spiro atoms. The Kier molecular flexibility index (Phi) is 3.74. The highest BCUT2D eigenvalue weighted by atomic mass is 35.5. The van der Waals surface area contributed by atoms with Crippen LogP contribution in [0.25, 0.3) is 0 Å². The van der Waals surface area contributed by atoms with Crippen LogP contribution in [-0.4, -0.2) is 20.0 Å². The molecule has 0 amide bonds. The SMILES string of the molecule is CCCn1cc(Oc2nnc(CCl)s2)cn1. The number of nitrogens with zero attached hydrogens (tertiary/aromatic N) is 4. The highest BCUT2D eigenvalue weighted by Gasteiger charge is 2.06. The lowest BCUT2D eigenvalue weighted by molar-refractivity contribution is 0.471. The Morgan fingerprint density at radius 3 is 3.06 bits per heavy atom. The Morgan fingerprint density at radius 2 is 2.38 bits per heavy atom. The van der Waals surface area contributed by atoms with Crippen LogP contribution in [0.5, 0.6) is 10.9 Å². The predicted molar refractivity (Wildman–Crippen MR) is 62.1 cm³/mol. The summed E-state index contributed by atoms with van der Waals surface area (Å²) in [5, 5.41) is 13.1. The standard InChI is InChI=1S/C9H11ClN4OS/c1-2-3-14-6-7(5-11-14)15-9-13-12-8(4-10)16-9/h5-6H,2-4H2,1H3. The molecule has 2 aromatic rings. The fourth-order valence-electron chi connectivity index (χ4n) is 1.18. The number of aromatic nitrogens is 4. The molecule has 0 saturated heterocycles. The molecule has 0 saturated carbocycles. The molecule has 0 aliphatic heterocycles. The first-order chi connectivity index (χ1) is 7.81. The summed E-state index contributed by atoms with van der Waals surface area (Å²) in [7, 11) is 0. The van der Waals surface area contributed by atoms with Crippen LogP contribution in [0.2, 0.25) is 0 Å². The van der Waals surface area contributed by atoms with Crippen molar-refractivity contribution in [3.05, 3.63) is 17.4 Å². The summed E-state index contributed by atoms with van der Waals surface area (Å²) in [5.74, 6) is 1.03. The Balaban J connectivity index is 2.02. The van der Waals surface area contributed by atoms with Gasteiger partial charge in [0.1, 0.15) is 5.01 Å². The van der Waals surface area contributed by atoms with Crippen LogP contribution in [0.1, 0.15) is 18.4 Å². The number of aryl methyl sites for hydroxylation is 1. The molecular weight excluding hydrogens is 248 g/mol. The number of hydrogen-bond donors (Lipinski definition) is 0. The monoisotopic (exact) mass is 258 g/mol.